The lowest BCUT2D eigenvalue weighted by Crippen LogP contribution is -2.54. The molecule has 5 heteroatoms. The molecule has 4 nitrogen and oxygen atoms in total. The topological polar surface area (TPSA) is 54.5 Å². The zero-order chi connectivity index (χ0) is 18.2. The van der Waals surface area contributed by atoms with Crippen LogP contribution in [-0.2, 0) is 14.6 Å². The SMILES string of the molecule is Cc1ccc(C)c(S(=O)(=O)C2(C(=O)N3CCC(C)CC3)CCCC2)c1. The van der Waals surface area contributed by atoms with Crippen LogP contribution in [0.25, 0.3) is 0 Å². The van der Waals surface area contributed by atoms with Crippen molar-refractivity contribution in [2.45, 2.75) is 68.9 Å². The van der Waals surface area contributed by atoms with Crippen LogP contribution in [0.5, 0.6) is 0 Å². The van der Waals surface area contributed by atoms with E-state index in [0.717, 1.165) is 36.8 Å². The van der Waals surface area contributed by atoms with Crippen molar-refractivity contribution >= 4 is 15.7 Å². The Kier molecular flexibility index (Phi) is 4.97. The van der Waals surface area contributed by atoms with Crippen LogP contribution in [0.2, 0.25) is 0 Å². The summed E-state index contributed by atoms with van der Waals surface area (Å²) in [7, 11) is -3.71. The van der Waals surface area contributed by atoms with E-state index in [1.54, 1.807) is 6.07 Å². The fourth-order valence-corrected chi connectivity index (χ4v) is 6.69. The number of hydrogen-bond acceptors (Lipinski definition) is 3. The van der Waals surface area contributed by atoms with E-state index in [1.807, 2.05) is 30.9 Å². The van der Waals surface area contributed by atoms with Crippen LogP contribution in [0.3, 0.4) is 0 Å². The van der Waals surface area contributed by atoms with Crippen molar-refractivity contribution in [2.75, 3.05) is 13.1 Å². The fourth-order valence-electron chi connectivity index (χ4n) is 4.25. The molecule has 138 valence electrons. The molecule has 1 aliphatic carbocycles. The van der Waals surface area contributed by atoms with E-state index < -0.39 is 14.6 Å². The maximum absolute atomic E-state index is 13.6. The molecule has 0 unspecified atom stereocenters. The predicted octanol–water partition coefficient (Wildman–Crippen LogP) is 3.65. The number of carbonyl (C=O) groups is 1. The number of nitrogens with zero attached hydrogens (tertiary/aromatic N) is 1. The molecule has 1 saturated carbocycles. The van der Waals surface area contributed by atoms with E-state index in [0.29, 0.717) is 36.7 Å². The van der Waals surface area contributed by atoms with E-state index in [-0.39, 0.29) is 5.91 Å². The highest BCUT2D eigenvalue weighted by Crippen LogP contribution is 2.43. The number of hydrogen-bond donors (Lipinski definition) is 0. The van der Waals surface area contributed by atoms with Gasteiger partial charge in [0.05, 0.1) is 4.90 Å². The minimum Gasteiger partial charge on any atom is -0.341 e. The number of amides is 1. The largest absolute Gasteiger partial charge is 0.341 e. The van der Waals surface area contributed by atoms with Crippen LogP contribution < -0.4 is 0 Å². The summed E-state index contributed by atoms with van der Waals surface area (Å²) in [6, 6.07) is 5.50. The summed E-state index contributed by atoms with van der Waals surface area (Å²) >= 11 is 0. The molecule has 1 aromatic rings. The van der Waals surface area contributed by atoms with Crippen LogP contribution in [0, 0.1) is 19.8 Å². The summed E-state index contributed by atoms with van der Waals surface area (Å²) in [4.78, 5) is 15.5. The molecule has 1 amide bonds. The third-order valence-electron chi connectivity index (χ3n) is 6.02. The molecule has 1 aliphatic heterocycles. The summed E-state index contributed by atoms with van der Waals surface area (Å²) in [5, 5.41) is 0. The van der Waals surface area contributed by atoms with Gasteiger partial charge in [0.25, 0.3) is 0 Å². The molecule has 1 aromatic carbocycles. The normalized spacial score (nSPS) is 21.5. The second-order valence-electron chi connectivity index (χ2n) is 7.95. The molecular formula is C20H29NO3S. The fraction of sp³-hybridized carbons (Fsp3) is 0.650. The monoisotopic (exact) mass is 363 g/mol. The maximum Gasteiger partial charge on any atom is 0.244 e. The van der Waals surface area contributed by atoms with Crippen molar-refractivity contribution in [3.8, 4) is 0 Å². The maximum atomic E-state index is 13.6. The van der Waals surface area contributed by atoms with Gasteiger partial charge in [-0.2, -0.15) is 0 Å². The molecular weight excluding hydrogens is 334 g/mol. The Balaban J connectivity index is 2.02. The standard InChI is InChI=1S/C20H29NO3S/c1-15-8-12-21(13-9-15)19(22)20(10-4-5-11-20)25(23,24)18-14-16(2)6-7-17(18)3/h6-7,14-15H,4-5,8-13H2,1-3H3. The Morgan fingerprint density at radius 3 is 2.32 bits per heavy atom. The van der Waals surface area contributed by atoms with Gasteiger partial charge in [0.1, 0.15) is 0 Å². The molecule has 0 atom stereocenters. The first-order valence-corrected chi connectivity index (χ1v) is 10.9. The summed E-state index contributed by atoms with van der Waals surface area (Å²) in [6.45, 7) is 7.28. The van der Waals surface area contributed by atoms with Crippen molar-refractivity contribution in [1.82, 2.24) is 4.90 Å². The number of piperidine rings is 1. The molecule has 0 spiro atoms. The molecule has 3 rings (SSSR count). The van der Waals surface area contributed by atoms with Gasteiger partial charge in [0.15, 0.2) is 14.6 Å². The van der Waals surface area contributed by atoms with Crippen LogP contribution in [-0.4, -0.2) is 37.1 Å². The van der Waals surface area contributed by atoms with E-state index in [4.69, 9.17) is 0 Å². The van der Waals surface area contributed by atoms with Crippen LogP contribution >= 0.6 is 0 Å². The van der Waals surface area contributed by atoms with E-state index in [9.17, 15) is 13.2 Å². The molecule has 0 radical (unpaired) electrons. The average molecular weight is 364 g/mol. The highest BCUT2D eigenvalue weighted by molar-refractivity contribution is 7.93. The number of rotatable bonds is 3. The third-order valence-corrected chi connectivity index (χ3v) is 8.65. The lowest BCUT2D eigenvalue weighted by Gasteiger charge is -2.37. The molecule has 0 N–H and O–H groups in total. The van der Waals surface area contributed by atoms with Gasteiger partial charge in [-0.25, -0.2) is 8.42 Å². The second-order valence-corrected chi connectivity index (χ2v) is 10.2. The molecule has 1 saturated heterocycles. The first-order chi connectivity index (χ1) is 11.8. The number of aryl methyl sites for hydroxylation is 2. The molecule has 2 fully saturated rings. The Morgan fingerprint density at radius 2 is 1.72 bits per heavy atom. The van der Waals surface area contributed by atoms with Gasteiger partial charge in [-0.3, -0.25) is 4.79 Å². The van der Waals surface area contributed by atoms with Gasteiger partial charge in [-0.05, 0) is 62.6 Å². The van der Waals surface area contributed by atoms with Crippen molar-refractivity contribution in [1.29, 1.82) is 0 Å². The van der Waals surface area contributed by atoms with Crippen molar-refractivity contribution < 1.29 is 13.2 Å². The molecule has 0 aromatic heterocycles. The lowest BCUT2D eigenvalue weighted by atomic mass is 9.97. The first-order valence-electron chi connectivity index (χ1n) is 9.39. The smallest absolute Gasteiger partial charge is 0.244 e. The van der Waals surface area contributed by atoms with Gasteiger partial charge >= 0.3 is 0 Å². The predicted molar refractivity (Wildman–Crippen MR) is 99.3 cm³/mol. The van der Waals surface area contributed by atoms with Gasteiger partial charge in [-0.15, -0.1) is 0 Å². The Bertz CT molecular complexity index is 755. The zero-order valence-electron chi connectivity index (χ0n) is 15.5. The van der Waals surface area contributed by atoms with Gasteiger partial charge < -0.3 is 4.90 Å². The minimum atomic E-state index is -3.71. The van der Waals surface area contributed by atoms with E-state index in [1.165, 1.54) is 0 Å². The van der Waals surface area contributed by atoms with Crippen molar-refractivity contribution in [3.05, 3.63) is 29.3 Å². The second kappa shape index (κ2) is 6.75. The van der Waals surface area contributed by atoms with Crippen molar-refractivity contribution in [3.63, 3.8) is 0 Å². The number of carbonyl (C=O) groups excluding carboxylic acids is 1. The Hall–Kier alpha value is -1.36. The quantitative estimate of drug-likeness (QED) is 0.824. The molecule has 0 bridgehead atoms. The number of benzene rings is 1. The summed E-state index contributed by atoms with van der Waals surface area (Å²) in [5.41, 5.74) is 1.65. The van der Waals surface area contributed by atoms with Crippen LogP contribution in [0.4, 0.5) is 0 Å². The molecule has 25 heavy (non-hydrogen) atoms. The Morgan fingerprint density at radius 1 is 1.12 bits per heavy atom. The van der Waals surface area contributed by atoms with E-state index in [2.05, 4.69) is 6.92 Å². The number of likely N-dealkylation sites (tertiary alicyclic amines) is 1. The van der Waals surface area contributed by atoms with Crippen LogP contribution in [0.1, 0.15) is 56.6 Å². The zero-order valence-corrected chi connectivity index (χ0v) is 16.4. The highest BCUT2D eigenvalue weighted by Gasteiger charge is 2.54. The van der Waals surface area contributed by atoms with Gasteiger partial charge in [-0.1, -0.05) is 31.9 Å². The first kappa shape index (κ1) is 18.4. The molecule has 1 heterocycles. The van der Waals surface area contributed by atoms with E-state index >= 15 is 0 Å². The van der Waals surface area contributed by atoms with Crippen molar-refractivity contribution in [2.24, 2.45) is 5.92 Å². The summed E-state index contributed by atoms with van der Waals surface area (Å²) in [6.07, 6.45) is 4.44. The summed E-state index contributed by atoms with van der Waals surface area (Å²) < 4.78 is 26.0. The minimum absolute atomic E-state index is 0.155. The van der Waals surface area contributed by atoms with Gasteiger partial charge in [0.2, 0.25) is 5.91 Å². The number of sulfone groups is 1. The highest BCUT2D eigenvalue weighted by atomic mass is 32.2. The van der Waals surface area contributed by atoms with Gasteiger partial charge in [0, 0.05) is 13.1 Å². The van der Waals surface area contributed by atoms with Crippen LogP contribution in [0.15, 0.2) is 23.1 Å². The third kappa shape index (κ3) is 3.12. The average Bonchev–Trinajstić information content (AvgIpc) is 3.08. The summed E-state index contributed by atoms with van der Waals surface area (Å²) in [5.74, 6) is 0.456. The lowest BCUT2D eigenvalue weighted by molar-refractivity contribution is -0.135. The molecule has 2 aliphatic rings. The Labute approximate surface area is 151 Å².